The first-order chi connectivity index (χ1) is 5.30. The Balaban J connectivity index is 4.19. The van der Waals surface area contributed by atoms with Gasteiger partial charge in [-0.15, -0.1) is 0 Å². The fourth-order valence-corrected chi connectivity index (χ4v) is 0.512. The molecule has 0 heterocycles. The van der Waals surface area contributed by atoms with Crippen molar-refractivity contribution in [2.24, 2.45) is 0 Å². The van der Waals surface area contributed by atoms with E-state index in [1.807, 2.05) is 0 Å². The SMILES string of the molecule is OC[C@H](O)[C@@H](O)[C@@H](O)C(F)(F)F. The minimum Gasteiger partial charge on any atom is -0.394 e. The summed E-state index contributed by atoms with van der Waals surface area (Å²) in [6.45, 7) is -1.05. The molecule has 4 nitrogen and oxygen atoms in total. The number of aliphatic hydroxyl groups is 4. The van der Waals surface area contributed by atoms with E-state index >= 15 is 0 Å². The third-order valence-corrected chi connectivity index (χ3v) is 1.24. The molecule has 0 aromatic rings. The van der Waals surface area contributed by atoms with Gasteiger partial charge in [-0.1, -0.05) is 0 Å². The van der Waals surface area contributed by atoms with Crippen molar-refractivity contribution in [3.8, 4) is 0 Å². The highest BCUT2D eigenvalue weighted by atomic mass is 19.4. The second-order valence-electron chi connectivity index (χ2n) is 2.23. The molecule has 0 aromatic heterocycles. The van der Waals surface area contributed by atoms with Crippen LogP contribution < -0.4 is 0 Å². The molecule has 4 N–H and O–H groups in total. The average molecular weight is 190 g/mol. The zero-order valence-electron chi connectivity index (χ0n) is 5.86. The Morgan fingerprint density at radius 3 is 1.75 bits per heavy atom. The Hall–Kier alpha value is -0.370. The van der Waals surface area contributed by atoms with Crippen LogP contribution in [0.1, 0.15) is 0 Å². The van der Waals surface area contributed by atoms with E-state index in [1.54, 1.807) is 0 Å². The Morgan fingerprint density at radius 2 is 1.50 bits per heavy atom. The Morgan fingerprint density at radius 1 is 1.08 bits per heavy atom. The van der Waals surface area contributed by atoms with Gasteiger partial charge in [-0.2, -0.15) is 13.2 Å². The second kappa shape index (κ2) is 4.04. The zero-order valence-corrected chi connectivity index (χ0v) is 5.86. The van der Waals surface area contributed by atoms with Crippen LogP contribution in [0.3, 0.4) is 0 Å². The van der Waals surface area contributed by atoms with Crippen molar-refractivity contribution in [2.45, 2.75) is 24.5 Å². The van der Waals surface area contributed by atoms with Gasteiger partial charge in [0, 0.05) is 0 Å². The highest BCUT2D eigenvalue weighted by Gasteiger charge is 2.45. The van der Waals surface area contributed by atoms with Gasteiger partial charge in [-0.25, -0.2) is 0 Å². The molecule has 3 atom stereocenters. The van der Waals surface area contributed by atoms with Crippen LogP contribution in [0.25, 0.3) is 0 Å². The first-order valence-electron chi connectivity index (χ1n) is 3.02. The maximum absolute atomic E-state index is 11.6. The number of hydrogen-bond donors (Lipinski definition) is 4. The molecule has 0 fully saturated rings. The molecule has 7 heteroatoms. The molecule has 0 bridgehead atoms. The van der Waals surface area contributed by atoms with Gasteiger partial charge in [0.2, 0.25) is 0 Å². The fraction of sp³-hybridized carbons (Fsp3) is 1.00. The topological polar surface area (TPSA) is 80.9 Å². The minimum atomic E-state index is -5.00. The molecule has 0 unspecified atom stereocenters. The summed E-state index contributed by atoms with van der Waals surface area (Å²) in [6.07, 6.45) is -12.5. The molecule has 0 saturated carbocycles. The number of alkyl halides is 3. The number of aliphatic hydroxyl groups excluding tert-OH is 4. The third-order valence-electron chi connectivity index (χ3n) is 1.24. The van der Waals surface area contributed by atoms with Gasteiger partial charge >= 0.3 is 6.18 Å². The molecule has 0 aromatic carbocycles. The third kappa shape index (κ3) is 2.94. The van der Waals surface area contributed by atoms with Crippen molar-refractivity contribution in [1.29, 1.82) is 0 Å². The van der Waals surface area contributed by atoms with Crippen LogP contribution in [0.15, 0.2) is 0 Å². The van der Waals surface area contributed by atoms with Crippen LogP contribution >= 0.6 is 0 Å². The first kappa shape index (κ1) is 11.6. The summed E-state index contributed by atoms with van der Waals surface area (Å²) in [5, 5.41) is 33.5. The van der Waals surface area contributed by atoms with Crippen molar-refractivity contribution in [1.82, 2.24) is 0 Å². The molecule has 74 valence electrons. The summed E-state index contributed by atoms with van der Waals surface area (Å²) in [4.78, 5) is 0. The zero-order chi connectivity index (χ0) is 9.94. The highest BCUT2D eigenvalue weighted by Crippen LogP contribution is 2.23. The van der Waals surface area contributed by atoms with Crippen LogP contribution in [0.4, 0.5) is 13.2 Å². The molecule has 0 radical (unpaired) electrons. The summed E-state index contributed by atoms with van der Waals surface area (Å²) in [6, 6.07) is 0. The molecule has 12 heavy (non-hydrogen) atoms. The molecule has 0 amide bonds. The molecule has 0 spiro atoms. The van der Waals surface area contributed by atoms with E-state index < -0.39 is 31.1 Å². The van der Waals surface area contributed by atoms with Gasteiger partial charge in [0.05, 0.1) is 6.61 Å². The summed E-state index contributed by atoms with van der Waals surface area (Å²) in [5.41, 5.74) is 0. The molecule has 0 saturated heterocycles. The smallest absolute Gasteiger partial charge is 0.394 e. The van der Waals surface area contributed by atoms with Crippen LogP contribution in [-0.4, -0.2) is 51.5 Å². The van der Waals surface area contributed by atoms with Crippen LogP contribution in [-0.2, 0) is 0 Å². The molecule has 0 aliphatic carbocycles. The monoisotopic (exact) mass is 190 g/mol. The summed E-state index contributed by atoms with van der Waals surface area (Å²) in [5.74, 6) is 0. The lowest BCUT2D eigenvalue weighted by Crippen LogP contribution is -2.47. The van der Waals surface area contributed by atoms with E-state index in [2.05, 4.69) is 0 Å². The summed E-state index contributed by atoms with van der Waals surface area (Å²) in [7, 11) is 0. The number of hydrogen-bond acceptors (Lipinski definition) is 4. The maximum Gasteiger partial charge on any atom is 0.417 e. The van der Waals surface area contributed by atoms with E-state index in [4.69, 9.17) is 20.4 Å². The summed E-state index contributed by atoms with van der Waals surface area (Å²) < 4.78 is 34.8. The van der Waals surface area contributed by atoms with E-state index in [0.29, 0.717) is 0 Å². The largest absolute Gasteiger partial charge is 0.417 e. The standard InChI is InChI=1S/C5H9F3O4/c6-5(7,8)4(12)3(11)2(10)1-9/h2-4,9-12H,1H2/t2-,3+,4+/m0/s1. The van der Waals surface area contributed by atoms with Gasteiger partial charge in [0.25, 0.3) is 0 Å². The van der Waals surface area contributed by atoms with Crippen LogP contribution in [0.2, 0.25) is 0 Å². The molecule has 0 aliphatic heterocycles. The Kier molecular flexibility index (Phi) is 3.91. The maximum atomic E-state index is 11.6. The van der Waals surface area contributed by atoms with Gasteiger partial charge in [-0.3, -0.25) is 0 Å². The lowest BCUT2D eigenvalue weighted by Gasteiger charge is -2.23. The molecular formula is C5H9F3O4. The van der Waals surface area contributed by atoms with E-state index in [-0.39, 0.29) is 0 Å². The predicted octanol–water partition coefficient (Wildman–Crippen LogP) is -1.38. The predicted molar refractivity (Wildman–Crippen MR) is 31.2 cm³/mol. The van der Waals surface area contributed by atoms with Crippen LogP contribution in [0.5, 0.6) is 0 Å². The normalized spacial score (nSPS) is 20.2. The molecular weight excluding hydrogens is 181 g/mol. The highest BCUT2D eigenvalue weighted by molar-refractivity contribution is 4.79. The lowest BCUT2D eigenvalue weighted by atomic mass is 10.1. The van der Waals surface area contributed by atoms with Gasteiger partial charge in [0.15, 0.2) is 6.10 Å². The van der Waals surface area contributed by atoms with Crippen molar-refractivity contribution in [2.75, 3.05) is 6.61 Å². The minimum absolute atomic E-state index is 1.05. The Labute approximate surface area is 65.9 Å². The van der Waals surface area contributed by atoms with E-state index in [1.165, 1.54) is 0 Å². The Bertz CT molecular complexity index is 137. The second-order valence-corrected chi connectivity index (χ2v) is 2.23. The fourth-order valence-electron chi connectivity index (χ4n) is 0.512. The van der Waals surface area contributed by atoms with Gasteiger partial charge in [0.1, 0.15) is 12.2 Å². The quantitative estimate of drug-likeness (QED) is 0.442. The van der Waals surface area contributed by atoms with Crippen molar-refractivity contribution in [3.63, 3.8) is 0 Å². The van der Waals surface area contributed by atoms with Crippen LogP contribution in [0, 0.1) is 0 Å². The molecule has 0 rings (SSSR count). The average Bonchev–Trinajstić information content (AvgIpc) is 1.98. The van der Waals surface area contributed by atoms with Crippen molar-refractivity contribution >= 4 is 0 Å². The number of rotatable bonds is 3. The van der Waals surface area contributed by atoms with Crippen molar-refractivity contribution in [3.05, 3.63) is 0 Å². The van der Waals surface area contributed by atoms with E-state index in [0.717, 1.165) is 0 Å². The van der Waals surface area contributed by atoms with Gasteiger partial charge < -0.3 is 20.4 Å². The molecule has 0 aliphatic rings. The van der Waals surface area contributed by atoms with Gasteiger partial charge in [-0.05, 0) is 0 Å². The van der Waals surface area contributed by atoms with E-state index in [9.17, 15) is 13.2 Å². The first-order valence-corrected chi connectivity index (χ1v) is 3.02. The lowest BCUT2D eigenvalue weighted by molar-refractivity contribution is -0.243. The van der Waals surface area contributed by atoms with Crippen molar-refractivity contribution < 1.29 is 33.6 Å². The number of halogens is 3. The summed E-state index contributed by atoms with van der Waals surface area (Å²) >= 11 is 0.